The molecule has 0 spiro atoms. The summed E-state index contributed by atoms with van der Waals surface area (Å²) in [6, 6.07) is 0.680. The highest BCUT2D eigenvalue weighted by Crippen LogP contribution is 2.27. The lowest BCUT2D eigenvalue weighted by molar-refractivity contribution is -0.0337. The fourth-order valence-electron chi connectivity index (χ4n) is 1.73. The van der Waals surface area contributed by atoms with E-state index in [1.165, 1.54) is 0 Å². The Balaban J connectivity index is 2.07. The van der Waals surface area contributed by atoms with Crippen LogP contribution in [0.25, 0.3) is 0 Å². The summed E-state index contributed by atoms with van der Waals surface area (Å²) in [5.74, 6) is -1.47. The van der Waals surface area contributed by atoms with Crippen LogP contribution in [0.2, 0.25) is 0 Å². The molecule has 0 bridgehead atoms. The van der Waals surface area contributed by atoms with E-state index in [1.807, 2.05) is 0 Å². The van der Waals surface area contributed by atoms with Crippen molar-refractivity contribution in [3.05, 3.63) is 18.1 Å². The average molecular weight is 328 g/mol. The van der Waals surface area contributed by atoms with E-state index in [0.717, 1.165) is 6.20 Å². The summed E-state index contributed by atoms with van der Waals surface area (Å²) in [7, 11) is 0.989. The van der Waals surface area contributed by atoms with Crippen molar-refractivity contribution < 1.29 is 26.7 Å². The van der Waals surface area contributed by atoms with Crippen molar-refractivity contribution >= 4 is 19.7 Å². The van der Waals surface area contributed by atoms with Crippen LogP contribution in [0.3, 0.4) is 0 Å². The van der Waals surface area contributed by atoms with Gasteiger partial charge in [-0.15, -0.1) is 0 Å². The van der Waals surface area contributed by atoms with Crippen molar-refractivity contribution in [2.24, 2.45) is 0 Å². The molecule has 1 aliphatic heterocycles. The molecule has 5 nitrogen and oxygen atoms in total. The second-order valence-electron chi connectivity index (χ2n) is 4.45. The van der Waals surface area contributed by atoms with Gasteiger partial charge < -0.3 is 9.47 Å². The summed E-state index contributed by atoms with van der Waals surface area (Å²) in [6.45, 7) is 0.186. The van der Waals surface area contributed by atoms with Crippen LogP contribution in [0.5, 0.6) is 5.88 Å². The molecule has 1 saturated heterocycles. The van der Waals surface area contributed by atoms with Crippen molar-refractivity contribution in [3.8, 4) is 5.88 Å². The molecule has 0 radical (unpaired) electrons. The molecule has 2 heterocycles. The first-order valence-corrected chi connectivity index (χ1v) is 8.11. The molecule has 0 unspecified atom stereocenters. The van der Waals surface area contributed by atoms with E-state index in [9.17, 15) is 17.2 Å². The highest BCUT2D eigenvalue weighted by atomic mass is 35.7. The van der Waals surface area contributed by atoms with Gasteiger partial charge in [0.2, 0.25) is 0 Å². The third-order valence-electron chi connectivity index (χ3n) is 2.92. The molecule has 2 rings (SSSR count). The molecule has 0 aromatic carbocycles. The highest BCUT2D eigenvalue weighted by Gasteiger charge is 2.33. The first-order chi connectivity index (χ1) is 9.30. The molecule has 9 heteroatoms. The van der Waals surface area contributed by atoms with Gasteiger partial charge in [0, 0.05) is 42.8 Å². The van der Waals surface area contributed by atoms with Crippen molar-refractivity contribution in [1.82, 2.24) is 4.98 Å². The van der Waals surface area contributed by atoms with Crippen molar-refractivity contribution in [1.29, 1.82) is 0 Å². The third-order valence-corrected chi connectivity index (χ3v) is 4.24. The standard InChI is InChI=1S/C11H12ClF2NO4S/c12-20(16,17)8-5-9(13)10(15-6-8)19-7-11(14)1-3-18-4-2-11/h5-6H,1-4,7H2. The van der Waals surface area contributed by atoms with Crippen LogP contribution in [0.4, 0.5) is 8.78 Å². The molecule has 112 valence electrons. The zero-order valence-electron chi connectivity index (χ0n) is 10.3. The first-order valence-electron chi connectivity index (χ1n) is 5.80. The van der Waals surface area contributed by atoms with E-state index in [1.54, 1.807) is 0 Å². The van der Waals surface area contributed by atoms with Gasteiger partial charge in [-0.25, -0.2) is 22.2 Å². The predicted octanol–water partition coefficient (Wildman–Crippen LogP) is 2.05. The Morgan fingerprint density at radius 1 is 1.45 bits per heavy atom. The predicted molar refractivity (Wildman–Crippen MR) is 66.6 cm³/mol. The Hall–Kier alpha value is -0.990. The van der Waals surface area contributed by atoms with E-state index < -0.39 is 31.3 Å². The summed E-state index contributed by atoms with van der Waals surface area (Å²) in [5, 5.41) is 0. The van der Waals surface area contributed by atoms with Crippen LogP contribution >= 0.6 is 10.7 Å². The fraction of sp³-hybridized carbons (Fsp3) is 0.545. The molecule has 0 amide bonds. The Bertz CT molecular complexity index is 590. The second kappa shape index (κ2) is 5.79. The van der Waals surface area contributed by atoms with Gasteiger partial charge in [-0.05, 0) is 0 Å². The molecule has 0 atom stereocenters. The van der Waals surface area contributed by atoms with Crippen LogP contribution in [-0.4, -0.2) is 38.9 Å². The van der Waals surface area contributed by atoms with Crippen LogP contribution in [0.15, 0.2) is 17.2 Å². The largest absolute Gasteiger partial charge is 0.472 e. The minimum absolute atomic E-state index is 0.156. The summed E-state index contributed by atoms with van der Waals surface area (Å²) < 4.78 is 59.8. The maximum atomic E-state index is 14.2. The van der Waals surface area contributed by atoms with Gasteiger partial charge in [0.05, 0.1) is 6.20 Å². The van der Waals surface area contributed by atoms with Crippen molar-refractivity contribution in [2.75, 3.05) is 19.8 Å². The molecule has 1 fully saturated rings. The molecule has 1 aliphatic rings. The Morgan fingerprint density at radius 3 is 2.65 bits per heavy atom. The molecule has 0 saturated carbocycles. The Kier molecular flexibility index (Phi) is 4.46. The highest BCUT2D eigenvalue weighted by molar-refractivity contribution is 8.13. The van der Waals surface area contributed by atoms with Crippen LogP contribution in [-0.2, 0) is 13.8 Å². The third kappa shape index (κ3) is 3.77. The number of halogens is 3. The van der Waals surface area contributed by atoms with Gasteiger partial charge >= 0.3 is 0 Å². The summed E-state index contributed by atoms with van der Waals surface area (Å²) in [4.78, 5) is 3.02. The smallest absolute Gasteiger partial charge is 0.262 e. The monoisotopic (exact) mass is 327 g/mol. The molecule has 1 aromatic heterocycles. The first kappa shape index (κ1) is 15.4. The van der Waals surface area contributed by atoms with Gasteiger partial charge in [0.15, 0.2) is 5.82 Å². The lowest BCUT2D eigenvalue weighted by Crippen LogP contribution is -2.37. The van der Waals surface area contributed by atoms with E-state index in [2.05, 4.69) is 4.98 Å². The SMILES string of the molecule is O=S(=O)(Cl)c1cnc(OCC2(F)CCOCC2)c(F)c1. The number of nitrogens with zero attached hydrogens (tertiary/aromatic N) is 1. The number of hydrogen-bond acceptors (Lipinski definition) is 5. The maximum Gasteiger partial charge on any atom is 0.262 e. The average Bonchev–Trinajstić information content (AvgIpc) is 2.37. The zero-order chi connectivity index (χ0) is 14.8. The van der Waals surface area contributed by atoms with Crippen molar-refractivity contribution in [3.63, 3.8) is 0 Å². The lowest BCUT2D eigenvalue weighted by atomic mass is 9.98. The van der Waals surface area contributed by atoms with Crippen LogP contribution in [0.1, 0.15) is 12.8 Å². The molecular weight excluding hydrogens is 316 g/mol. The summed E-state index contributed by atoms with van der Waals surface area (Å²) >= 11 is 0. The fourth-order valence-corrected chi connectivity index (χ4v) is 2.40. The van der Waals surface area contributed by atoms with E-state index in [-0.39, 0.29) is 32.7 Å². The number of rotatable bonds is 4. The molecule has 0 N–H and O–H groups in total. The maximum absolute atomic E-state index is 14.2. The Labute approximate surface area is 119 Å². The minimum Gasteiger partial charge on any atom is -0.472 e. The van der Waals surface area contributed by atoms with Gasteiger partial charge in [-0.1, -0.05) is 0 Å². The minimum atomic E-state index is -4.07. The van der Waals surface area contributed by atoms with Gasteiger partial charge in [-0.3, -0.25) is 0 Å². The molecule has 0 aliphatic carbocycles. The Morgan fingerprint density at radius 2 is 2.10 bits per heavy atom. The quantitative estimate of drug-likeness (QED) is 0.792. The number of aromatic nitrogens is 1. The number of pyridine rings is 1. The molecule has 20 heavy (non-hydrogen) atoms. The van der Waals surface area contributed by atoms with Crippen LogP contribution < -0.4 is 4.74 Å². The summed E-state index contributed by atoms with van der Waals surface area (Å²) in [6.07, 6.45) is 1.17. The normalized spacial score (nSPS) is 18.8. The molecular formula is C11H12ClF2NO4S. The van der Waals surface area contributed by atoms with Gasteiger partial charge in [-0.2, -0.15) is 0 Å². The number of ether oxygens (including phenoxy) is 2. The van der Waals surface area contributed by atoms with Crippen molar-refractivity contribution in [2.45, 2.75) is 23.4 Å². The van der Waals surface area contributed by atoms with E-state index in [0.29, 0.717) is 6.07 Å². The van der Waals surface area contributed by atoms with Gasteiger partial charge in [0.25, 0.3) is 14.9 Å². The van der Waals surface area contributed by atoms with Gasteiger partial charge in [0.1, 0.15) is 17.2 Å². The van der Waals surface area contributed by atoms with E-state index >= 15 is 0 Å². The second-order valence-corrected chi connectivity index (χ2v) is 7.01. The lowest BCUT2D eigenvalue weighted by Gasteiger charge is -2.28. The van der Waals surface area contributed by atoms with Crippen LogP contribution in [0, 0.1) is 5.82 Å². The topological polar surface area (TPSA) is 65.5 Å². The van der Waals surface area contributed by atoms with E-state index in [4.69, 9.17) is 20.2 Å². The molecule has 1 aromatic rings. The number of alkyl halides is 1. The zero-order valence-corrected chi connectivity index (χ0v) is 11.9. The number of hydrogen-bond donors (Lipinski definition) is 0. The summed E-state index contributed by atoms with van der Waals surface area (Å²) in [5.41, 5.74) is -1.59.